The van der Waals surface area contributed by atoms with Crippen molar-refractivity contribution in [3.05, 3.63) is 35.9 Å². The van der Waals surface area contributed by atoms with Gasteiger partial charge in [-0.25, -0.2) is 0 Å². The molecule has 1 saturated heterocycles. The van der Waals surface area contributed by atoms with Crippen LogP contribution in [0.1, 0.15) is 26.3 Å². The Bertz CT molecular complexity index is 416. The van der Waals surface area contributed by atoms with E-state index in [1.807, 2.05) is 23.1 Å². The Labute approximate surface area is 116 Å². The van der Waals surface area contributed by atoms with Crippen LogP contribution in [0.5, 0.6) is 0 Å². The highest BCUT2D eigenvalue weighted by Crippen LogP contribution is 2.21. The first-order valence-electron chi connectivity index (χ1n) is 7.14. The van der Waals surface area contributed by atoms with Crippen LogP contribution in [-0.2, 0) is 11.3 Å². The van der Waals surface area contributed by atoms with Crippen LogP contribution in [0.4, 0.5) is 0 Å². The number of rotatable bonds is 4. The van der Waals surface area contributed by atoms with Crippen molar-refractivity contribution in [1.82, 2.24) is 10.2 Å². The van der Waals surface area contributed by atoms with Crippen LogP contribution in [-0.4, -0.2) is 29.9 Å². The summed E-state index contributed by atoms with van der Waals surface area (Å²) in [7, 11) is 0. The predicted octanol–water partition coefficient (Wildman–Crippen LogP) is 2.28. The fraction of sp³-hybridized carbons (Fsp3) is 0.562. The molecule has 2 atom stereocenters. The van der Waals surface area contributed by atoms with Crippen LogP contribution in [0.3, 0.4) is 0 Å². The number of carbonyl (C=O) groups excluding carboxylic acids is 1. The van der Waals surface area contributed by atoms with Crippen LogP contribution in [0.25, 0.3) is 0 Å². The van der Waals surface area contributed by atoms with Crippen LogP contribution < -0.4 is 5.32 Å². The highest BCUT2D eigenvalue weighted by atomic mass is 16.2. The molecule has 0 radical (unpaired) electrons. The number of carbonyl (C=O) groups is 1. The molecule has 0 aromatic heterocycles. The molecule has 1 aromatic rings. The maximum Gasteiger partial charge on any atom is 0.227 e. The molecule has 104 valence electrons. The summed E-state index contributed by atoms with van der Waals surface area (Å²) >= 11 is 0. The Hall–Kier alpha value is -1.35. The minimum absolute atomic E-state index is 0.131. The lowest BCUT2D eigenvalue weighted by atomic mass is 9.96. The van der Waals surface area contributed by atoms with Gasteiger partial charge in [-0.15, -0.1) is 0 Å². The van der Waals surface area contributed by atoms with E-state index in [1.54, 1.807) is 0 Å². The van der Waals surface area contributed by atoms with Crippen molar-refractivity contribution >= 4 is 5.91 Å². The lowest BCUT2D eigenvalue weighted by Crippen LogP contribution is -2.42. The third-order valence-electron chi connectivity index (χ3n) is 3.94. The Morgan fingerprint density at radius 3 is 2.53 bits per heavy atom. The normalized spacial score (nSPS) is 22.7. The van der Waals surface area contributed by atoms with E-state index in [1.165, 1.54) is 5.56 Å². The number of hydrogen-bond donors (Lipinski definition) is 1. The molecule has 1 amide bonds. The van der Waals surface area contributed by atoms with Crippen LogP contribution >= 0.6 is 0 Å². The summed E-state index contributed by atoms with van der Waals surface area (Å²) in [6, 6.07) is 10.5. The zero-order valence-electron chi connectivity index (χ0n) is 12.1. The van der Waals surface area contributed by atoms with Gasteiger partial charge in [0.2, 0.25) is 5.91 Å². The van der Waals surface area contributed by atoms with Gasteiger partial charge in [-0.3, -0.25) is 4.79 Å². The first-order chi connectivity index (χ1) is 9.09. The maximum atomic E-state index is 12.7. The fourth-order valence-electron chi connectivity index (χ4n) is 2.65. The Balaban J connectivity index is 2.09. The number of hydrogen-bond acceptors (Lipinski definition) is 2. The van der Waals surface area contributed by atoms with E-state index in [4.69, 9.17) is 0 Å². The highest BCUT2D eigenvalue weighted by Gasteiger charge is 2.33. The summed E-state index contributed by atoms with van der Waals surface area (Å²) in [6.45, 7) is 8.82. The Morgan fingerprint density at radius 2 is 2.00 bits per heavy atom. The molecule has 2 rings (SSSR count). The summed E-state index contributed by atoms with van der Waals surface area (Å²) in [5.74, 6) is 0.854. The van der Waals surface area contributed by atoms with Gasteiger partial charge in [-0.05, 0) is 31.9 Å². The van der Waals surface area contributed by atoms with Gasteiger partial charge in [-0.1, -0.05) is 37.3 Å². The molecule has 0 bridgehead atoms. The van der Waals surface area contributed by atoms with Gasteiger partial charge in [0.1, 0.15) is 0 Å². The minimum Gasteiger partial charge on any atom is -0.336 e. The number of nitrogens with zero attached hydrogens (tertiary/aromatic N) is 1. The lowest BCUT2D eigenvalue weighted by molar-refractivity contribution is -0.138. The maximum absolute atomic E-state index is 12.7. The van der Waals surface area contributed by atoms with Crippen LogP contribution in [0.2, 0.25) is 0 Å². The van der Waals surface area contributed by atoms with Crippen molar-refractivity contribution in [2.45, 2.75) is 33.4 Å². The third kappa shape index (κ3) is 3.35. The van der Waals surface area contributed by atoms with Crippen molar-refractivity contribution in [2.75, 3.05) is 13.1 Å². The molecule has 1 N–H and O–H groups in total. The second kappa shape index (κ2) is 6.20. The van der Waals surface area contributed by atoms with E-state index in [-0.39, 0.29) is 17.9 Å². The predicted molar refractivity (Wildman–Crippen MR) is 77.7 cm³/mol. The minimum atomic E-state index is 0.131. The average molecular weight is 260 g/mol. The first kappa shape index (κ1) is 14.1. The zero-order chi connectivity index (χ0) is 13.8. The summed E-state index contributed by atoms with van der Waals surface area (Å²) < 4.78 is 0. The molecule has 1 aliphatic heterocycles. The standard InChI is InChI=1S/C16H24N2O/c1-12(2)18(11-14-7-5-4-6-8-14)16(19)15-10-17-9-13(15)3/h4-8,12-13,15,17H,9-11H2,1-3H3/t13-,15-/m1/s1. The first-order valence-corrected chi connectivity index (χ1v) is 7.14. The van der Waals surface area contributed by atoms with Crippen molar-refractivity contribution in [2.24, 2.45) is 11.8 Å². The monoisotopic (exact) mass is 260 g/mol. The molecule has 0 spiro atoms. The SMILES string of the molecule is CC(C)N(Cc1ccccc1)C(=O)[C@@H]1CNC[C@H]1C. The van der Waals surface area contributed by atoms with Crippen LogP contribution in [0, 0.1) is 11.8 Å². The van der Waals surface area contributed by atoms with Gasteiger partial charge in [0.15, 0.2) is 0 Å². The largest absolute Gasteiger partial charge is 0.336 e. The van der Waals surface area contributed by atoms with Crippen molar-refractivity contribution in [3.63, 3.8) is 0 Å². The van der Waals surface area contributed by atoms with E-state index >= 15 is 0 Å². The summed E-state index contributed by atoms with van der Waals surface area (Å²) in [4.78, 5) is 14.7. The smallest absolute Gasteiger partial charge is 0.227 e. The summed E-state index contributed by atoms with van der Waals surface area (Å²) in [5, 5.41) is 3.31. The van der Waals surface area contributed by atoms with Gasteiger partial charge >= 0.3 is 0 Å². The molecular formula is C16H24N2O. The van der Waals surface area contributed by atoms with Crippen molar-refractivity contribution < 1.29 is 4.79 Å². The Kier molecular flexibility index (Phi) is 4.59. The molecule has 3 nitrogen and oxygen atoms in total. The lowest BCUT2D eigenvalue weighted by Gasteiger charge is -2.30. The van der Waals surface area contributed by atoms with E-state index in [9.17, 15) is 4.79 Å². The average Bonchev–Trinajstić information content (AvgIpc) is 2.82. The molecule has 19 heavy (non-hydrogen) atoms. The number of nitrogens with one attached hydrogen (secondary N) is 1. The molecule has 1 aromatic carbocycles. The van der Waals surface area contributed by atoms with Crippen LogP contribution in [0.15, 0.2) is 30.3 Å². The zero-order valence-corrected chi connectivity index (χ0v) is 12.1. The highest BCUT2D eigenvalue weighted by molar-refractivity contribution is 5.80. The van der Waals surface area contributed by atoms with Gasteiger partial charge in [0, 0.05) is 19.1 Å². The molecule has 1 fully saturated rings. The third-order valence-corrected chi connectivity index (χ3v) is 3.94. The van der Waals surface area contributed by atoms with E-state index in [0.717, 1.165) is 13.1 Å². The summed E-state index contributed by atoms with van der Waals surface area (Å²) in [6.07, 6.45) is 0. The molecule has 0 aliphatic carbocycles. The molecule has 0 saturated carbocycles. The van der Waals surface area contributed by atoms with Crippen molar-refractivity contribution in [3.8, 4) is 0 Å². The Morgan fingerprint density at radius 1 is 1.32 bits per heavy atom. The van der Waals surface area contributed by atoms with Gasteiger partial charge in [0.05, 0.1) is 5.92 Å². The summed E-state index contributed by atoms with van der Waals surface area (Å²) in [5.41, 5.74) is 1.20. The molecular weight excluding hydrogens is 236 g/mol. The number of benzene rings is 1. The van der Waals surface area contributed by atoms with Gasteiger partial charge < -0.3 is 10.2 Å². The second-order valence-electron chi connectivity index (χ2n) is 5.79. The molecule has 0 unspecified atom stereocenters. The fourth-order valence-corrected chi connectivity index (χ4v) is 2.65. The molecule has 1 heterocycles. The van der Waals surface area contributed by atoms with E-state index in [0.29, 0.717) is 12.5 Å². The van der Waals surface area contributed by atoms with Gasteiger partial charge in [0.25, 0.3) is 0 Å². The topological polar surface area (TPSA) is 32.3 Å². The van der Waals surface area contributed by atoms with E-state index in [2.05, 4.69) is 38.2 Å². The van der Waals surface area contributed by atoms with Crippen molar-refractivity contribution in [1.29, 1.82) is 0 Å². The van der Waals surface area contributed by atoms with E-state index < -0.39 is 0 Å². The quantitative estimate of drug-likeness (QED) is 0.901. The molecule has 1 aliphatic rings. The molecule has 3 heteroatoms. The second-order valence-corrected chi connectivity index (χ2v) is 5.79. The number of amides is 1. The van der Waals surface area contributed by atoms with Gasteiger partial charge in [-0.2, -0.15) is 0 Å².